The second-order valence-electron chi connectivity index (χ2n) is 4.35. The van der Waals surface area contributed by atoms with Gasteiger partial charge >= 0.3 is 5.97 Å². The molecule has 0 aliphatic heterocycles. The molecular weight excluding hydrogens is 208 g/mol. The van der Waals surface area contributed by atoms with Crippen LogP contribution in [-0.4, -0.2) is 23.6 Å². The quantitative estimate of drug-likeness (QED) is 0.540. The van der Waals surface area contributed by atoms with E-state index in [0.717, 1.165) is 32.1 Å². The molecule has 0 unspecified atom stereocenters. The van der Waals surface area contributed by atoms with Gasteiger partial charge in [-0.25, -0.2) is 0 Å². The second kappa shape index (κ2) is 5.77. The Balaban J connectivity index is 2.54. The van der Waals surface area contributed by atoms with Crippen molar-refractivity contribution in [3.8, 4) is 0 Å². The highest BCUT2D eigenvalue weighted by Gasteiger charge is 2.31. The van der Waals surface area contributed by atoms with E-state index in [1.54, 1.807) is 0 Å². The third-order valence-corrected chi connectivity index (χ3v) is 2.88. The zero-order chi connectivity index (χ0) is 12.1. The van der Waals surface area contributed by atoms with E-state index < -0.39 is 23.5 Å². The molecule has 0 atom stereocenters. The Morgan fingerprint density at radius 1 is 1.00 bits per heavy atom. The molecule has 0 N–H and O–H groups in total. The fraction of sp³-hybridized carbons (Fsp3) is 0.750. The minimum atomic E-state index is -1.22. The maximum Gasteiger partial charge on any atom is 0.324 e. The molecule has 4 nitrogen and oxygen atoms in total. The molecule has 0 aromatic carbocycles. The second-order valence-corrected chi connectivity index (χ2v) is 4.35. The third kappa shape index (κ3) is 3.43. The number of carbonyl (C=O) groups is 3. The largest absolute Gasteiger partial charge is 0.462 e. The Kier molecular flexibility index (Phi) is 4.65. The maximum absolute atomic E-state index is 11.6. The molecule has 0 aromatic rings. The van der Waals surface area contributed by atoms with Crippen LogP contribution in [0.15, 0.2) is 0 Å². The molecule has 1 aliphatic rings. The topological polar surface area (TPSA) is 60.4 Å². The summed E-state index contributed by atoms with van der Waals surface area (Å²) in [5, 5.41) is 0. The van der Waals surface area contributed by atoms with E-state index in [1.807, 2.05) is 0 Å². The van der Waals surface area contributed by atoms with Gasteiger partial charge in [0.05, 0.1) is 0 Å². The summed E-state index contributed by atoms with van der Waals surface area (Å²) in [6.45, 7) is 2.49. The Morgan fingerprint density at radius 2 is 1.50 bits per heavy atom. The van der Waals surface area contributed by atoms with Gasteiger partial charge in [0.15, 0.2) is 17.5 Å². The molecule has 0 heterocycles. The normalized spacial score (nSPS) is 17.2. The molecule has 0 aromatic heterocycles. The molecule has 0 saturated heterocycles. The molecule has 0 bridgehead atoms. The molecule has 4 heteroatoms. The highest BCUT2D eigenvalue weighted by Crippen LogP contribution is 2.21. The molecule has 1 saturated carbocycles. The molecule has 1 rings (SSSR count). The van der Waals surface area contributed by atoms with E-state index in [-0.39, 0.29) is 6.10 Å². The third-order valence-electron chi connectivity index (χ3n) is 2.88. The Bertz CT molecular complexity index is 275. The number of hydrogen-bond acceptors (Lipinski definition) is 4. The standard InChI is InChI=1S/C12H18O4/c1-8(13)11(9(2)14)12(15)16-10-6-4-3-5-7-10/h10-11H,3-7H2,1-2H3. The van der Waals surface area contributed by atoms with Crippen LogP contribution in [0, 0.1) is 5.92 Å². The van der Waals surface area contributed by atoms with E-state index >= 15 is 0 Å². The van der Waals surface area contributed by atoms with Gasteiger partial charge in [-0.3, -0.25) is 14.4 Å². The summed E-state index contributed by atoms with van der Waals surface area (Å²) in [5.41, 5.74) is 0. The van der Waals surface area contributed by atoms with Gasteiger partial charge in [0.2, 0.25) is 0 Å². The lowest BCUT2D eigenvalue weighted by Gasteiger charge is -2.23. The summed E-state index contributed by atoms with van der Waals surface area (Å²) in [7, 11) is 0. The average molecular weight is 226 g/mol. The SMILES string of the molecule is CC(=O)C(C(C)=O)C(=O)OC1CCCCC1. The van der Waals surface area contributed by atoms with Crippen LogP contribution in [0.1, 0.15) is 46.0 Å². The Morgan fingerprint density at radius 3 is 1.94 bits per heavy atom. The number of Topliss-reactive ketones (excluding diaryl/α,β-unsaturated/α-hetero) is 2. The van der Waals surface area contributed by atoms with Crippen molar-refractivity contribution < 1.29 is 19.1 Å². The summed E-state index contributed by atoms with van der Waals surface area (Å²) >= 11 is 0. The van der Waals surface area contributed by atoms with Crippen molar-refractivity contribution in [1.29, 1.82) is 0 Å². The first kappa shape index (κ1) is 12.9. The van der Waals surface area contributed by atoms with Crippen LogP contribution in [0.2, 0.25) is 0 Å². The van der Waals surface area contributed by atoms with Gasteiger partial charge in [-0.2, -0.15) is 0 Å². The molecular formula is C12H18O4. The lowest BCUT2D eigenvalue weighted by atomic mass is 9.97. The molecule has 16 heavy (non-hydrogen) atoms. The van der Waals surface area contributed by atoms with Crippen LogP contribution in [0.25, 0.3) is 0 Å². The number of ketones is 2. The van der Waals surface area contributed by atoms with Gasteiger partial charge < -0.3 is 4.74 Å². The average Bonchev–Trinajstić information content (AvgIpc) is 2.17. The number of rotatable bonds is 4. The summed E-state index contributed by atoms with van der Waals surface area (Å²) in [4.78, 5) is 33.9. The van der Waals surface area contributed by atoms with Crippen molar-refractivity contribution in [2.45, 2.75) is 52.1 Å². The molecule has 1 fully saturated rings. The first-order valence-electron chi connectivity index (χ1n) is 5.73. The minimum Gasteiger partial charge on any atom is -0.462 e. The lowest BCUT2D eigenvalue weighted by molar-refractivity contribution is -0.159. The van der Waals surface area contributed by atoms with E-state index in [2.05, 4.69) is 0 Å². The van der Waals surface area contributed by atoms with Crippen LogP contribution in [0.3, 0.4) is 0 Å². The highest BCUT2D eigenvalue weighted by molar-refractivity contribution is 6.15. The number of esters is 1. The van der Waals surface area contributed by atoms with Crippen molar-refractivity contribution in [2.75, 3.05) is 0 Å². The van der Waals surface area contributed by atoms with Gasteiger partial charge in [0, 0.05) is 0 Å². The fourth-order valence-corrected chi connectivity index (χ4v) is 2.03. The van der Waals surface area contributed by atoms with Crippen LogP contribution in [0.4, 0.5) is 0 Å². The van der Waals surface area contributed by atoms with E-state index in [4.69, 9.17) is 4.74 Å². The number of carbonyl (C=O) groups excluding carboxylic acids is 3. The van der Waals surface area contributed by atoms with Gasteiger partial charge in [-0.1, -0.05) is 6.42 Å². The summed E-state index contributed by atoms with van der Waals surface area (Å²) in [6.07, 6.45) is 4.83. The molecule has 1 aliphatic carbocycles. The van der Waals surface area contributed by atoms with Crippen molar-refractivity contribution in [3.63, 3.8) is 0 Å². The van der Waals surface area contributed by atoms with Crippen molar-refractivity contribution >= 4 is 17.5 Å². The van der Waals surface area contributed by atoms with E-state index in [9.17, 15) is 14.4 Å². The van der Waals surface area contributed by atoms with Crippen LogP contribution in [-0.2, 0) is 19.1 Å². The number of hydrogen-bond donors (Lipinski definition) is 0. The molecule has 0 amide bonds. The zero-order valence-electron chi connectivity index (χ0n) is 9.82. The molecule has 0 spiro atoms. The monoisotopic (exact) mass is 226 g/mol. The zero-order valence-corrected chi connectivity index (χ0v) is 9.82. The summed E-state index contributed by atoms with van der Waals surface area (Å²) in [6, 6.07) is 0. The van der Waals surface area contributed by atoms with Gasteiger partial charge in [-0.15, -0.1) is 0 Å². The van der Waals surface area contributed by atoms with Crippen molar-refractivity contribution in [1.82, 2.24) is 0 Å². The maximum atomic E-state index is 11.6. The predicted octanol–water partition coefficient (Wildman–Crippen LogP) is 1.66. The minimum absolute atomic E-state index is 0.109. The van der Waals surface area contributed by atoms with Crippen molar-refractivity contribution in [2.24, 2.45) is 5.92 Å². The van der Waals surface area contributed by atoms with Crippen LogP contribution >= 0.6 is 0 Å². The summed E-state index contributed by atoms with van der Waals surface area (Å²) < 4.78 is 5.20. The van der Waals surface area contributed by atoms with E-state index in [0.29, 0.717) is 0 Å². The van der Waals surface area contributed by atoms with Crippen LogP contribution in [0.5, 0.6) is 0 Å². The van der Waals surface area contributed by atoms with Gasteiger partial charge in [-0.05, 0) is 39.5 Å². The Labute approximate surface area is 95.3 Å². The van der Waals surface area contributed by atoms with Crippen molar-refractivity contribution in [3.05, 3.63) is 0 Å². The van der Waals surface area contributed by atoms with Gasteiger partial charge in [0.25, 0.3) is 0 Å². The van der Waals surface area contributed by atoms with E-state index in [1.165, 1.54) is 13.8 Å². The van der Waals surface area contributed by atoms with Crippen LogP contribution < -0.4 is 0 Å². The Hall–Kier alpha value is -1.19. The molecule has 0 radical (unpaired) electrons. The predicted molar refractivity (Wildman–Crippen MR) is 57.8 cm³/mol. The summed E-state index contributed by atoms with van der Waals surface area (Å²) in [5.74, 6) is -2.77. The fourth-order valence-electron chi connectivity index (χ4n) is 2.03. The first-order chi connectivity index (χ1) is 7.52. The first-order valence-corrected chi connectivity index (χ1v) is 5.73. The molecule has 90 valence electrons. The number of ether oxygens (including phenoxy) is 1. The smallest absolute Gasteiger partial charge is 0.324 e. The van der Waals surface area contributed by atoms with Gasteiger partial charge in [0.1, 0.15) is 6.10 Å². The lowest BCUT2D eigenvalue weighted by Crippen LogP contribution is -2.33. The highest BCUT2D eigenvalue weighted by atomic mass is 16.5.